The van der Waals surface area contributed by atoms with Gasteiger partial charge in [-0.15, -0.1) is 0 Å². The van der Waals surface area contributed by atoms with Crippen LogP contribution in [-0.2, 0) is 4.79 Å². The Bertz CT molecular complexity index is 634. The third-order valence-electron chi connectivity index (χ3n) is 4.56. The van der Waals surface area contributed by atoms with Gasteiger partial charge in [-0.25, -0.2) is 0 Å². The molecule has 1 aromatic carbocycles. The minimum Gasteiger partial charge on any atom is -0.467 e. The predicted octanol–water partition coefficient (Wildman–Crippen LogP) is 2.72. The highest BCUT2D eigenvalue weighted by molar-refractivity contribution is 5.84. The Morgan fingerprint density at radius 3 is 2.59 bits per heavy atom. The van der Waals surface area contributed by atoms with Crippen LogP contribution in [0.25, 0.3) is 0 Å². The van der Waals surface area contributed by atoms with Crippen molar-refractivity contribution in [2.45, 2.75) is 37.4 Å². The minimum atomic E-state index is -0.115. The van der Waals surface area contributed by atoms with E-state index in [0.29, 0.717) is 6.04 Å². The molecule has 0 unspecified atom stereocenters. The van der Waals surface area contributed by atoms with Crippen LogP contribution in [0.3, 0.4) is 0 Å². The zero-order chi connectivity index (χ0) is 14.9. The number of furan rings is 1. The fourth-order valence-electron chi connectivity index (χ4n) is 3.25. The predicted molar refractivity (Wildman–Crippen MR) is 83.3 cm³/mol. The Hall–Kier alpha value is -2.07. The number of likely N-dealkylation sites (tertiary alicyclic amines) is 1. The van der Waals surface area contributed by atoms with Crippen LogP contribution in [0.4, 0.5) is 0 Å². The van der Waals surface area contributed by atoms with Crippen LogP contribution in [-0.4, -0.2) is 29.4 Å². The highest BCUT2D eigenvalue weighted by Crippen LogP contribution is 2.32. The number of benzene rings is 1. The molecule has 1 saturated carbocycles. The zero-order valence-corrected chi connectivity index (χ0v) is 12.4. The van der Waals surface area contributed by atoms with Crippen LogP contribution in [0.1, 0.15) is 36.6 Å². The number of nitrogens with one attached hydrogen (secondary N) is 1. The van der Waals surface area contributed by atoms with E-state index >= 15 is 0 Å². The number of carbonyl (C=O) groups excluding carboxylic acids is 1. The van der Waals surface area contributed by atoms with Crippen LogP contribution in [0.15, 0.2) is 53.1 Å². The molecule has 0 radical (unpaired) electrons. The fraction of sp³-hybridized carbons (Fsp3) is 0.389. The Morgan fingerprint density at radius 2 is 1.91 bits per heavy atom. The first-order valence-corrected chi connectivity index (χ1v) is 7.98. The molecule has 4 heteroatoms. The van der Waals surface area contributed by atoms with Crippen molar-refractivity contribution >= 4 is 5.91 Å². The molecule has 4 nitrogen and oxygen atoms in total. The first kappa shape index (κ1) is 13.6. The van der Waals surface area contributed by atoms with E-state index in [0.717, 1.165) is 24.3 Å². The molecular formula is C18H20N2O2. The second kappa shape index (κ2) is 5.61. The topological polar surface area (TPSA) is 45.5 Å². The molecule has 0 spiro atoms. The van der Waals surface area contributed by atoms with Gasteiger partial charge in [0.25, 0.3) is 0 Å². The molecule has 1 saturated heterocycles. The first-order valence-electron chi connectivity index (χ1n) is 7.98. The van der Waals surface area contributed by atoms with Crippen molar-refractivity contribution in [2.75, 3.05) is 6.54 Å². The lowest BCUT2D eigenvalue weighted by atomic mass is 10.0. The molecule has 1 N–H and O–H groups in total. The van der Waals surface area contributed by atoms with E-state index in [1.165, 1.54) is 12.8 Å². The Labute approximate surface area is 130 Å². The molecule has 2 fully saturated rings. The SMILES string of the molecule is O=C1[C@@H](N[C@H](c2ccccc2)c2ccco2)CCN1C1CC1. The highest BCUT2D eigenvalue weighted by Gasteiger charge is 2.41. The molecule has 2 heterocycles. The standard InChI is InChI=1S/C18H20N2O2/c21-18-15(10-11-20(18)14-8-9-14)19-17(16-7-4-12-22-16)13-5-2-1-3-6-13/h1-7,12,14-15,17,19H,8-11H2/t15-,17+/m0/s1. The molecule has 2 aromatic rings. The van der Waals surface area contributed by atoms with Crippen molar-refractivity contribution in [2.24, 2.45) is 0 Å². The summed E-state index contributed by atoms with van der Waals surface area (Å²) in [5, 5.41) is 3.51. The largest absolute Gasteiger partial charge is 0.467 e. The number of hydrogen-bond donors (Lipinski definition) is 1. The van der Waals surface area contributed by atoms with Crippen molar-refractivity contribution in [3.05, 3.63) is 60.1 Å². The molecule has 4 rings (SSSR count). The molecule has 1 amide bonds. The number of hydrogen-bond acceptors (Lipinski definition) is 3. The third-order valence-corrected chi connectivity index (χ3v) is 4.56. The van der Waals surface area contributed by atoms with E-state index in [1.807, 2.05) is 35.2 Å². The van der Waals surface area contributed by atoms with Crippen molar-refractivity contribution in [1.82, 2.24) is 10.2 Å². The zero-order valence-electron chi connectivity index (χ0n) is 12.4. The summed E-state index contributed by atoms with van der Waals surface area (Å²) in [7, 11) is 0. The smallest absolute Gasteiger partial charge is 0.240 e. The van der Waals surface area contributed by atoms with Gasteiger partial charge in [0.2, 0.25) is 5.91 Å². The summed E-state index contributed by atoms with van der Waals surface area (Å²) in [4.78, 5) is 14.6. The van der Waals surface area contributed by atoms with Crippen LogP contribution in [0.2, 0.25) is 0 Å². The second-order valence-corrected chi connectivity index (χ2v) is 6.13. The fourth-order valence-corrected chi connectivity index (χ4v) is 3.25. The van der Waals surface area contributed by atoms with Gasteiger partial charge in [0.05, 0.1) is 18.3 Å². The van der Waals surface area contributed by atoms with Gasteiger partial charge < -0.3 is 9.32 Å². The number of nitrogens with zero attached hydrogens (tertiary/aromatic N) is 1. The summed E-state index contributed by atoms with van der Waals surface area (Å²) in [5.74, 6) is 1.10. The molecule has 114 valence electrons. The quantitative estimate of drug-likeness (QED) is 0.922. The number of amides is 1. The van der Waals surface area contributed by atoms with Gasteiger partial charge in [0, 0.05) is 12.6 Å². The molecule has 0 bridgehead atoms. The summed E-state index contributed by atoms with van der Waals surface area (Å²) in [6, 6.07) is 14.3. The number of carbonyl (C=O) groups is 1. The molecule has 2 aliphatic rings. The Kier molecular flexibility index (Phi) is 3.47. The molecule has 1 aliphatic carbocycles. The molecule has 1 aromatic heterocycles. The van der Waals surface area contributed by atoms with Crippen LogP contribution < -0.4 is 5.32 Å². The van der Waals surface area contributed by atoms with Crippen molar-refractivity contribution < 1.29 is 9.21 Å². The van der Waals surface area contributed by atoms with Gasteiger partial charge >= 0.3 is 0 Å². The van der Waals surface area contributed by atoms with Gasteiger partial charge in [0.15, 0.2) is 0 Å². The van der Waals surface area contributed by atoms with E-state index < -0.39 is 0 Å². The van der Waals surface area contributed by atoms with Crippen LogP contribution >= 0.6 is 0 Å². The Balaban J connectivity index is 1.56. The lowest BCUT2D eigenvalue weighted by molar-refractivity contribution is -0.130. The van der Waals surface area contributed by atoms with E-state index in [4.69, 9.17) is 4.42 Å². The maximum Gasteiger partial charge on any atom is 0.240 e. The Morgan fingerprint density at radius 1 is 1.09 bits per heavy atom. The van der Waals surface area contributed by atoms with Gasteiger partial charge in [-0.1, -0.05) is 30.3 Å². The normalized spacial score (nSPS) is 23.0. The molecule has 2 atom stereocenters. The minimum absolute atomic E-state index is 0.0793. The van der Waals surface area contributed by atoms with Crippen molar-refractivity contribution in [3.8, 4) is 0 Å². The summed E-state index contributed by atoms with van der Waals surface area (Å²) < 4.78 is 5.59. The van der Waals surface area contributed by atoms with E-state index in [-0.39, 0.29) is 18.0 Å². The van der Waals surface area contributed by atoms with Crippen LogP contribution in [0, 0.1) is 0 Å². The van der Waals surface area contributed by atoms with Crippen molar-refractivity contribution in [1.29, 1.82) is 0 Å². The van der Waals surface area contributed by atoms with E-state index in [9.17, 15) is 4.79 Å². The second-order valence-electron chi connectivity index (χ2n) is 6.13. The summed E-state index contributed by atoms with van der Waals surface area (Å²) >= 11 is 0. The van der Waals surface area contributed by atoms with Gasteiger partial charge in [-0.05, 0) is 37.0 Å². The summed E-state index contributed by atoms with van der Waals surface area (Å²) in [5.41, 5.74) is 1.12. The molecule has 1 aliphatic heterocycles. The van der Waals surface area contributed by atoms with Gasteiger partial charge in [-0.2, -0.15) is 0 Å². The van der Waals surface area contributed by atoms with Crippen molar-refractivity contribution in [3.63, 3.8) is 0 Å². The lowest BCUT2D eigenvalue weighted by Crippen LogP contribution is -2.41. The molecular weight excluding hydrogens is 276 g/mol. The lowest BCUT2D eigenvalue weighted by Gasteiger charge is -2.22. The van der Waals surface area contributed by atoms with Gasteiger partial charge in [0.1, 0.15) is 5.76 Å². The third kappa shape index (κ3) is 2.55. The molecule has 22 heavy (non-hydrogen) atoms. The number of rotatable bonds is 5. The van der Waals surface area contributed by atoms with E-state index in [2.05, 4.69) is 17.4 Å². The maximum absolute atomic E-state index is 12.6. The maximum atomic E-state index is 12.6. The monoisotopic (exact) mass is 296 g/mol. The summed E-state index contributed by atoms with van der Waals surface area (Å²) in [6.45, 7) is 0.876. The summed E-state index contributed by atoms with van der Waals surface area (Å²) in [6.07, 6.45) is 4.89. The van der Waals surface area contributed by atoms with E-state index in [1.54, 1.807) is 6.26 Å². The van der Waals surface area contributed by atoms with Crippen LogP contribution in [0.5, 0.6) is 0 Å². The van der Waals surface area contributed by atoms with Gasteiger partial charge in [-0.3, -0.25) is 10.1 Å². The average Bonchev–Trinajstić information content (AvgIpc) is 3.12. The first-order chi connectivity index (χ1) is 10.8. The average molecular weight is 296 g/mol. The highest BCUT2D eigenvalue weighted by atomic mass is 16.3.